The molecule has 1 aromatic rings. The van der Waals surface area contributed by atoms with Crippen molar-refractivity contribution in [2.45, 2.75) is 0 Å². The first-order valence-corrected chi connectivity index (χ1v) is 3.10. The molecule has 0 saturated heterocycles. The van der Waals surface area contributed by atoms with Gasteiger partial charge in [0.25, 0.3) is 0 Å². The van der Waals surface area contributed by atoms with Crippen molar-refractivity contribution in [2.24, 2.45) is 12.8 Å². The lowest BCUT2D eigenvalue weighted by molar-refractivity contribution is 0.925. The molecule has 1 rings (SSSR count). The van der Waals surface area contributed by atoms with E-state index in [2.05, 4.69) is 17.2 Å². The summed E-state index contributed by atoms with van der Waals surface area (Å²) in [4.78, 5) is 4.12. The topological polar surface area (TPSA) is 69.9 Å². The second-order valence-corrected chi connectivity index (χ2v) is 2.39. The van der Waals surface area contributed by atoms with Gasteiger partial charge in [-0.3, -0.25) is 0 Å². The molecule has 0 amide bonds. The smallest absolute Gasteiger partial charge is 0.139 e. The first kappa shape index (κ1) is 7.01. The van der Waals surface area contributed by atoms with Crippen LogP contribution in [0.5, 0.6) is 0 Å². The number of nitrogens with zero attached hydrogens (tertiary/aromatic N) is 2. The van der Waals surface area contributed by atoms with E-state index in [-0.39, 0.29) is 4.99 Å². The molecule has 0 radical (unpaired) electrons. The van der Waals surface area contributed by atoms with Gasteiger partial charge in [0.1, 0.15) is 16.5 Å². The molecule has 0 aromatic carbocycles. The van der Waals surface area contributed by atoms with Crippen LogP contribution in [0.15, 0.2) is 6.33 Å². The number of aryl methyl sites for hydroxylation is 1. The van der Waals surface area contributed by atoms with E-state index >= 15 is 0 Å². The van der Waals surface area contributed by atoms with Gasteiger partial charge in [-0.25, -0.2) is 4.98 Å². The standard InChI is InChI=1S/C5H8N4S/c1-9-2-8-3(4(9)6)5(7)10/h2H,6H2,1H3,(H2,7,10). The van der Waals surface area contributed by atoms with E-state index in [1.165, 1.54) is 0 Å². The van der Waals surface area contributed by atoms with Crippen LogP contribution in [0, 0.1) is 0 Å². The van der Waals surface area contributed by atoms with Crippen molar-refractivity contribution in [1.29, 1.82) is 0 Å². The fourth-order valence-corrected chi connectivity index (χ4v) is 0.787. The second-order valence-electron chi connectivity index (χ2n) is 1.95. The van der Waals surface area contributed by atoms with Gasteiger partial charge in [-0.1, -0.05) is 12.2 Å². The number of rotatable bonds is 1. The van der Waals surface area contributed by atoms with Crippen molar-refractivity contribution in [3.8, 4) is 0 Å². The summed E-state index contributed by atoms with van der Waals surface area (Å²) in [5.41, 5.74) is 11.3. The molecular formula is C5H8N4S. The molecule has 0 unspecified atom stereocenters. The SMILES string of the molecule is Cn1cnc(C(N)=S)c1N. The zero-order valence-corrected chi connectivity index (χ0v) is 6.35. The van der Waals surface area contributed by atoms with Crippen molar-refractivity contribution >= 4 is 23.0 Å². The largest absolute Gasteiger partial charge is 0.388 e. The van der Waals surface area contributed by atoms with Gasteiger partial charge in [-0.2, -0.15) is 0 Å². The maximum absolute atomic E-state index is 5.54. The Morgan fingerprint density at radius 3 is 2.60 bits per heavy atom. The third-order valence-electron chi connectivity index (χ3n) is 1.22. The van der Waals surface area contributed by atoms with Gasteiger partial charge in [0.2, 0.25) is 0 Å². The number of nitrogens with two attached hydrogens (primary N) is 2. The average Bonchev–Trinajstić information content (AvgIpc) is 2.14. The number of hydrogen-bond donors (Lipinski definition) is 2. The Morgan fingerprint density at radius 2 is 2.40 bits per heavy atom. The molecule has 0 spiro atoms. The maximum Gasteiger partial charge on any atom is 0.139 e. The van der Waals surface area contributed by atoms with Gasteiger partial charge in [0.15, 0.2) is 0 Å². The van der Waals surface area contributed by atoms with E-state index in [9.17, 15) is 0 Å². The number of anilines is 1. The molecule has 5 heteroatoms. The first-order chi connectivity index (χ1) is 4.63. The van der Waals surface area contributed by atoms with E-state index in [0.717, 1.165) is 0 Å². The van der Waals surface area contributed by atoms with Crippen LogP contribution < -0.4 is 11.5 Å². The van der Waals surface area contributed by atoms with Crippen molar-refractivity contribution in [2.75, 3.05) is 5.73 Å². The van der Waals surface area contributed by atoms with Gasteiger partial charge >= 0.3 is 0 Å². The van der Waals surface area contributed by atoms with Crippen LogP contribution in [0.3, 0.4) is 0 Å². The molecule has 1 aromatic heterocycles. The third kappa shape index (κ3) is 0.950. The van der Waals surface area contributed by atoms with Crippen LogP contribution >= 0.6 is 12.2 Å². The quantitative estimate of drug-likeness (QED) is 0.545. The molecule has 54 valence electrons. The summed E-state index contributed by atoms with van der Waals surface area (Å²) >= 11 is 4.68. The van der Waals surface area contributed by atoms with Crippen LogP contribution in [-0.2, 0) is 7.05 Å². The predicted molar refractivity (Wildman–Crippen MR) is 43.5 cm³/mol. The third-order valence-corrected chi connectivity index (χ3v) is 1.41. The van der Waals surface area contributed by atoms with Crippen LogP contribution in [-0.4, -0.2) is 14.5 Å². The lowest BCUT2D eigenvalue weighted by Crippen LogP contribution is -2.12. The number of aromatic nitrogens is 2. The maximum atomic E-state index is 5.54. The summed E-state index contributed by atoms with van der Waals surface area (Å²) in [5.74, 6) is 0.507. The van der Waals surface area contributed by atoms with Crippen LogP contribution in [0.4, 0.5) is 5.82 Å². The molecule has 0 aliphatic heterocycles. The Balaban J connectivity index is 3.17. The normalized spacial score (nSPS) is 9.70. The minimum Gasteiger partial charge on any atom is -0.388 e. The number of thiocarbonyl (C=S) groups is 1. The summed E-state index contributed by atoms with van der Waals surface area (Å²) < 4.78 is 1.66. The van der Waals surface area contributed by atoms with Crippen molar-refractivity contribution in [3.63, 3.8) is 0 Å². The fourth-order valence-electron chi connectivity index (χ4n) is 0.630. The highest BCUT2D eigenvalue weighted by Crippen LogP contribution is 2.06. The number of hydrogen-bond acceptors (Lipinski definition) is 3. The highest BCUT2D eigenvalue weighted by atomic mass is 32.1. The van der Waals surface area contributed by atoms with Gasteiger partial charge in [-0.05, 0) is 0 Å². The number of imidazole rings is 1. The Bertz CT molecular complexity index is 265. The molecule has 0 aliphatic rings. The van der Waals surface area contributed by atoms with Gasteiger partial charge in [-0.15, -0.1) is 0 Å². The summed E-state index contributed by atoms with van der Waals surface area (Å²) in [6.45, 7) is 0. The van der Waals surface area contributed by atoms with E-state index in [4.69, 9.17) is 11.5 Å². The van der Waals surface area contributed by atoms with E-state index in [1.807, 2.05) is 0 Å². The molecule has 10 heavy (non-hydrogen) atoms. The van der Waals surface area contributed by atoms with Crippen molar-refractivity contribution in [1.82, 2.24) is 9.55 Å². The predicted octanol–water partition coefficient (Wildman–Crippen LogP) is -0.363. The van der Waals surface area contributed by atoms with Crippen molar-refractivity contribution < 1.29 is 0 Å². The fraction of sp³-hybridized carbons (Fsp3) is 0.200. The molecule has 0 atom stereocenters. The van der Waals surface area contributed by atoms with Gasteiger partial charge in [0, 0.05) is 7.05 Å². The molecular weight excluding hydrogens is 148 g/mol. The van der Waals surface area contributed by atoms with Gasteiger partial charge < -0.3 is 16.0 Å². The van der Waals surface area contributed by atoms with E-state index < -0.39 is 0 Å². The molecule has 1 heterocycles. The summed E-state index contributed by atoms with van der Waals surface area (Å²) in [6, 6.07) is 0. The van der Waals surface area contributed by atoms with Gasteiger partial charge in [0.05, 0.1) is 6.33 Å². The average molecular weight is 156 g/mol. The molecule has 0 aliphatic carbocycles. The molecule has 4 N–H and O–H groups in total. The zero-order valence-electron chi connectivity index (χ0n) is 5.53. The Hall–Kier alpha value is -1.10. The van der Waals surface area contributed by atoms with Crippen LogP contribution in [0.25, 0.3) is 0 Å². The lowest BCUT2D eigenvalue weighted by Gasteiger charge is -1.95. The highest BCUT2D eigenvalue weighted by molar-refractivity contribution is 7.80. The Morgan fingerprint density at radius 1 is 1.80 bits per heavy atom. The van der Waals surface area contributed by atoms with E-state index in [1.54, 1.807) is 17.9 Å². The van der Waals surface area contributed by atoms with Crippen LogP contribution in [0.1, 0.15) is 5.69 Å². The summed E-state index contributed by atoms with van der Waals surface area (Å²) in [7, 11) is 1.78. The summed E-state index contributed by atoms with van der Waals surface area (Å²) in [6.07, 6.45) is 1.57. The van der Waals surface area contributed by atoms with Crippen LogP contribution in [0.2, 0.25) is 0 Å². The minimum atomic E-state index is 0.234. The molecule has 0 saturated carbocycles. The second kappa shape index (κ2) is 2.26. The highest BCUT2D eigenvalue weighted by Gasteiger charge is 2.05. The first-order valence-electron chi connectivity index (χ1n) is 2.69. The molecule has 0 fully saturated rings. The Labute approximate surface area is 63.8 Å². The Kier molecular flexibility index (Phi) is 1.58. The monoisotopic (exact) mass is 156 g/mol. The number of nitrogen functional groups attached to an aromatic ring is 1. The minimum absolute atomic E-state index is 0.234. The summed E-state index contributed by atoms with van der Waals surface area (Å²) in [5, 5.41) is 0. The van der Waals surface area contributed by atoms with Crippen molar-refractivity contribution in [3.05, 3.63) is 12.0 Å². The van der Waals surface area contributed by atoms with E-state index in [0.29, 0.717) is 11.5 Å². The molecule has 0 bridgehead atoms. The molecule has 4 nitrogen and oxygen atoms in total. The zero-order chi connectivity index (χ0) is 7.72. The lowest BCUT2D eigenvalue weighted by atomic mass is 10.4.